The average Bonchev–Trinajstić information content (AvgIpc) is 2.85. The molecule has 0 aromatic heterocycles. The minimum absolute atomic E-state index is 0.00597. The molecule has 0 N–H and O–H groups in total. The molecule has 1 saturated heterocycles. The number of hydrogen-bond donors (Lipinski definition) is 0. The molecule has 2 aromatic rings. The van der Waals surface area contributed by atoms with Gasteiger partial charge in [0.1, 0.15) is 5.41 Å². The highest BCUT2D eigenvalue weighted by Crippen LogP contribution is 2.51. The third kappa shape index (κ3) is 1.57. The normalized spacial score (nSPS) is 23.8. The zero-order valence-corrected chi connectivity index (χ0v) is 13.5. The van der Waals surface area contributed by atoms with Crippen LogP contribution in [0.25, 0.3) is 0 Å². The maximum Gasteiger partial charge on any atom is 0.179 e. The van der Waals surface area contributed by atoms with Crippen molar-refractivity contribution in [3.63, 3.8) is 0 Å². The fraction of sp³-hybridized carbons (Fsp3) is 0.333. The van der Waals surface area contributed by atoms with E-state index in [-0.39, 0.29) is 17.6 Å². The molecule has 120 valence electrons. The van der Waals surface area contributed by atoms with Crippen molar-refractivity contribution in [2.45, 2.75) is 31.7 Å². The van der Waals surface area contributed by atoms with Crippen molar-refractivity contribution in [3.8, 4) is 0 Å². The number of ketones is 2. The molecule has 1 aliphatic carbocycles. The SMILES string of the molecule is O=C1c2ccccc2C(=O)C12Cc1ccccc1N1CCCC[C@@H]12. The topological polar surface area (TPSA) is 37.4 Å². The summed E-state index contributed by atoms with van der Waals surface area (Å²) in [6.07, 6.45) is 3.66. The first-order valence-electron chi connectivity index (χ1n) is 8.77. The van der Waals surface area contributed by atoms with Crippen molar-refractivity contribution in [1.82, 2.24) is 0 Å². The Balaban J connectivity index is 1.74. The van der Waals surface area contributed by atoms with E-state index in [0.29, 0.717) is 17.5 Å². The molecule has 3 nitrogen and oxygen atoms in total. The number of anilines is 1. The molecule has 3 aliphatic rings. The Bertz CT molecular complexity index is 835. The second-order valence-electron chi connectivity index (χ2n) is 7.19. The maximum absolute atomic E-state index is 13.4. The second-order valence-corrected chi connectivity index (χ2v) is 7.19. The second kappa shape index (κ2) is 4.79. The number of para-hydroxylation sites is 1. The number of piperidine rings is 1. The van der Waals surface area contributed by atoms with Crippen LogP contribution in [0.3, 0.4) is 0 Å². The van der Waals surface area contributed by atoms with E-state index in [1.807, 2.05) is 30.3 Å². The number of Topliss-reactive ketones (excluding diaryl/α,β-unsaturated/α-hetero) is 2. The lowest BCUT2D eigenvalue weighted by molar-refractivity contribution is 0.0614. The Labute approximate surface area is 141 Å². The summed E-state index contributed by atoms with van der Waals surface area (Å²) >= 11 is 0. The number of rotatable bonds is 0. The third-order valence-corrected chi connectivity index (χ3v) is 6.07. The van der Waals surface area contributed by atoms with Crippen molar-refractivity contribution < 1.29 is 9.59 Å². The number of nitrogens with zero attached hydrogens (tertiary/aromatic N) is 1. The van der Waals surface area contributed by atoms with E-state index < -0.39 is 5.41 Å². The van der Waals surface area contributed by atoms with Crippen molar-refractivity contribution in [1.29, 1.82) is 0 Å². The van der Waals surface area contributed by atoms with Gasteiger partial charge in [-0.05, 0) is 37.3 Å². The van der Waals surface area contributed by atoms with Gasteiger partial charge in [0, 0.05) is 29.4 Å². The average molecular weight is 317 g/mol. The molecule has 2 heterocycles. The third-order valence-electron chi connectivity index (χ3n) is 6.07. The lowest BCUT2D eigenvalue weighted by Crippen LogP contribution is -2.59. The highest BCUT2D eigenvalue weighted by Gasteiger charge is 2.61. The minimum atomic E-state index is -0.918. The number of benzene rings is 2. The first kappa shape index (κ1) is 14.0. The molecule has 0 saturated carbocycles. The van der Waals surface area contributed by atoms with Crippen molar-refractivity contribution in [2.24, 2.45) is 5.41 Å². The molecule has 1 spiro atoms. The molecule has 2 aliphatic heterocycles. The summed E-state index contributed by atoms with van der Waals surface area (Å²) < 4.78 is 0. The molecule has 1 fully saturated rings. The number of carbonyl (C=O) groups excluding carboxylic acids is 2. The standard InChI is InChI=1S/C21H19NO2/c23-19-15-8-2-3-9-16(15)20(24)21(19)13-14-7-1-4-10-17(14)22-12-6-5-11-18(21)22/h1-4,7-10,18H,5-6,11-13H2/t18-/m1/s1. The Morgan fingerprint density at radius 2 is 1.54 bits per heavy atom. The smallest absolute Gasteiger partial charge is 0.179 e. The van der Waals surface area contributed by atoms with Gasteiger partial charge in [-0.3, -0.25) is 9.59 Å². The van der Waals surface area contributed by atoms with E-state index in [1.54, 1.807) is 0 Å². The molecular formula is C21H19NO2. The van der Waals surface area contributed by atoms with E-state index in [0.717, 1.165) is 31.4 Å². The zero-order valence-electron chi connectivity index (χ0n) is 13.5. The summed E-state index contributed by atoms with van der Waals surface area (Å²) in [6.45, 7) is 0.931. The monoisotopic (exact) mass is 317 g/mol. The van der Waals surface area contributed by atoms with Crippen LogP contribution in [0.15, 0.2) is 48.5 Å². The van der Waals surface area contributed by atoms with Gasteiger partial charge in [-0.25, -0.2) is 0 Å². The molecule has 0 radical (unpaired) electrons. The van der Waals surface area contributed by atoms with Crippen LogP contribution in [0.4, 0.5) is 5.69 Å². The van der Waals surface area contributed by atoms with E-state index in [1.165, 1.54) is 5.69 Å². The summed E-state index contributed by atoms with van der Waals surface area (Å²) in [5, 5.41) is 0. The highest BCUT2D eigenvalue weighted by molar-refractivity contribution is 6.30. The van der Waals surface area contributed by atoms with Gasteiger partial charge in [-0.2, -0.15) is 0 Å². The molecule has 0 amide bonds. The minimum Gasteiger partial charge on any atom is -0.367 e. The van der Waals surface area contributed by atoms with Gasteiger partial charge in [0.15, 0.2) is 11.6 Å². The molecule has 0 unspecified atom stereocenters. The molecule has 5 rings (SSSR count). The Morgan fingerprint density at radius 3 is 2.29 bits per heavy atom. The Kier molecular flexibility index (Phi) is 2.79. The van der Waals surface area contributed by atoms with Crippen LogP contribution in [0.1, 0.15) is 45.5 Å². The number of carbonyl (C=O) groups is 2. The van der Waals surface area contributed by atoms with Crippen molar-refractivity contribution >= 4 is 17.3 Å². The van der Waals surface area contributed by atoms with Crippen LogP contribution in [0.5, 0.6) is 0 Å². The lowest BCUT2D eigenvalue weighted by Gasteiger charge is -2.50. The lowest BCUT2D eigenvalue weighted by atomic mass is 9.65. The summed E-state index contributed by atoms with van der Waals surface area (Å²) in [6, 6.07) is 15.6. The molecule has 2 aromatic carbocycles. The summed E-state index contributed by atoms with van der Waals surface area (Å²) in [4.78, 5) is 29.1. The molecule has 24 heavy (non-hydrogen) atoms. The van der Waals surface area contributed by atoms with Crippen LogP contribution in [0.2, 0.25) is 0 Å². The predicted molar refractivity (Wildman–Crippen MR) is 92.7 cm³/mol. The number of fused-ring (bicyclic) bond motifs is 5. The van der Waals surface area contributed by atoms with Gasteiger partial charge in [0.05, 0.1) is 0 Å². The fourth-order valence-corrected chi connectivity index (χ4v) is 5.02. The first-order valence-corrected chi connectivity index (χ1v) is 8.77. The van der Waals surface area contributed by atoms with E-state index >= 15 is 0 Å². The van der Waals surface area contributed by atoms with E-state index in [2.05, 4.69) is 23.1 Å². The Hall–Kier alpha value is -2.42. The zero-order chi connectivity index (χ0) is 16.3. The maximum atomic E-state index is 13.4. The quantitative estimate of drug-likeness (QED) is 0.696. The summed E-state index contributed by atoms with van der Waals surface area (Å²) in [5.41, 5.74) is 2.66. The summed E-state index contributed by atoms with van der Waals surface area (Å²) in [5.74, 6) is 0.0732. The van der Waals surface area contributed by atoms with Crippen LogP contribution in [-0.2, 0) is 6.42 Å². The van der Waals surface area contributed by atoms with Crippen LogP contribution < -0.4 is 4.90 Å². The molecule has 1 atom stereocenters. The van der Waals surface area contributed by atoms with Crippen LogP contribution in [-0.4, -0.2) is 24.2 Å². The van der Waals surface area contributed by atoms with Gasteiger partial charge < -0.3 is 4.90 Å². The van der Waals surface area contributed by atoms with Gasteiger partial charge >= 0.3 is 0 Å². The fourth-order valence-electron chi connectivity index (χ4n) is 5.02. The molecule has 3 heteroatoms. The van der Waals surface area contributed by atoms with Gasteiger partial charge in [-0.1, -0.05) is 42.5 Å². The molecular weight excluding hydrogens is 298 g/mol. The van der Waals surface area contributed by atoms with Crippen LogP contribution in [0, 0.1) is 5.41 Å². The van der Waals surface area contributed by atoms with Gasteiger partial charge in [-0.15, -0.1) is 0 Å². The predicted octanol–water partition coefficient (Wildman–Crippen LogP) is 3.67. The van der Waals surface area contributed by atoms with E-state index in [4.69, 9.17) is 0 Å². The van der Waals surface area contributed by atoms with Gasteiger partial charge in [0.25, 0.3) is 0 Å². The number of hydrogen-bond acceptors (Lipinski definition) is 3. The van der Waals surface area contributed by atoms with E-state index in [9.17, 15) is 9.59 Å². The first-order chi connectivity index (χ1) is 11.7. The van der Waals surface area contributed by atoms with Gasteiger partial charge in [0.2, 0.25) is 0 Å². The van der Waals surface area contributed by atoms with Crippen molar-refractivity contribution in [3.05, 3.63) is 65.2 Å². The largest absolute Gasteiger partial charge is 0.367 e. The van der Waals surface area contributed by atoms with Crippen LogP contribution >= 0.6 is 0 Å². The molecule has 0 bridgehead atoms. The Morgan fingerprint density at radius 1 is 0.875 bits per heavy atom. The summed E-state index contributed by atoms with van der Waals surface area (Å²) in [7, 11) is 0. The van der Waals surface area contributed by atoms with Crippen molar-refractivity contribution in [2.75, 3.05) is 11.4 Å². The highest BCUT2D eigenvalue weighted by atomic mass is 16.2.